The molecule has 2 atom stereocenters. The van der Waals surface area contributed by atoms with Crippen LogP contribution in [0.5, 0.6) is 23.0 Å². The first-order chi connectivity index (χ1) is 61.5. The Morgan fingerprint density at radius 2 is 0.508 bits per heavy atom. The second-order valence-corrected chi connectivity index (χ2v) is 34.5. The van der Waals surface area contributed by atoms with Gasteiger partial charge in [0.05, 0.1) is 35.8 Å². The molecular formula is C117H76N2O3S2. The van der Waals surface area contributed by atoms with Crippen LogP contribution in [-0.2, 0) is 16.2 Å². The largest absolute Gasteiger partial charge is 0.456 e. The lowest BCUT2D eigenvalue weighted by Gasteiger charge is -2.37. The fraction of sp³-hybridized carbons (Fsp3) is 0.0256. The lowest BCUT2D eigenvalue weighted by Crippen LogP contribution is -2.30. The predicted molar refractivity (Wildman–Crippen MR) is 508 cm³/mol. The van der Waals surface area contributed by atoms with Crippen molar-refractivity contribution >= 4 is 79.6 Å². The smallest absolute Gasteiger partial charge is 0.149 e. The van der Waals surface area contributed by atoms with Gasteiger partial charge in [0.2, 0.25) is 0 Å². The molecule has 5 aliphatic rings. The quantitative estimate of drug-likeness (QED) is 0.114. The van der Waals surface area contributed by atoms with Crippen LogP contribution in [-0.4, -0.2) is 0 Å². The molecule has 0 saturated carbocycles. The number of rotatable bonds is 13. The second kappa shape index (κ2) is 29.6. The third kappa shape index (κ3) is 11.4. The molecule has 0 radical (unpaired) electrons. The van der Waals surface area contributed by atoms with E-state index in [1.807, 2.05) is 6.07 Å². The highest BCUT2D eigenvalue weighted by atomic mass is 32.2. The topological polar surface area (TPSA) is 38.1 Å². The van der Waals surface area contributed by atoms with E-state index in [4.69, 9.17) is 13.9 Å². The van der Waals surface area contributed by atoms with Crippen LogP contribution in [0, 0.1) is 0 Å². The minimum atomic E-state index is -0.668. The molecule has 2 aliphatic heterocycles. The molecule has 3 heterocycles. The summed E-state index contributed by atoms with van der Waals surface area (Å²) in [7, 11) is 0. The van der Waals surface area contributed by atoms with Crippen LogP contribution in [0.25, 0.3) is 66.4 Å². The van der Waals surface area contributed by atoms with Gasteiger partial charge in [-0.25, -0.2) is 0 Å². The summed E-state index contributed by atoms with van der Waals surface area (Å²) in [4.78, 5) is 9.12. The van der Waals surface area contributed by atoms with Crippen molar-refractivity contribution in [1.82, 2.24) is 0 Å². The molecule has 0 spiro atoms. The maximum atomic E-state index is 6.98. The highest BCUT2D eigenvalue weighted by molar-refractivity contribution is 8.00. The first-order valence-corrected chi connectivity index (χ1v) is 44.0. The van der Waals surface area contributed by atoms with Crippen LogP contribution in [0.1, 0.15) is 66.8 Å². The number of para-hydroxylation sites is 6. The van der Waals surface area contributed by atoms with Gasteiger partial charge in [-0.05, 0) is 215 Å². The van der Waals surface area contributed by atoms with E-state index >= 15 is 0 Å². The third-order valence-electron chi connectivity index (χ3n) is 25.9. The van der Waals surface area contributed by atoms with Crippen molar-refractivity contribution in [2.24, 2.45) is 0 Å². The molecule has 0 N–H and O–H groups in total. The van der Waals surface area contributed by atoms with E-state index in [1.54, 1.807) is 23.5 Å². The fourth-order valence-corrected chi connectivity index (χ4v) is 22.6. The maximum Gasteiger partial charge on any atom is 0.149 e. The van der Waals surface area contributed by atoms with Crippen molar-refractivity contribution in [3.8, 4) is 67.5 Å². The van der Waals surface area contributed by atoms with Gasteiger partial charge in [-0.3, -0.25) is 0 Å². The molecule has 0 amide bonds. The Morgan fingerprint density at radius 3 is 0.976 bits per heavy atom. The molecule has 0 bridgehead atoms. The van der Waals surface area contributed by atoms with E-state index in [9.17, 15) is 0 Å². The Kier molecular flexibility index (Phi) is 17.4. The third-order valence-corrected chi connectivity index (χ3v) is 28.1. The minimum absolute atomic E-state index is 0.497. The highest BCUT2D eigenvalue weighted by Gasteiger charge is 2.52. The van der Waals surface area contributed by atoms with Crippen LogP contribution in [0.3, 0.4) is 0 Å². The Morgan fingerprint density at radius 1 is 0.202 bits per heavy atom. The Balaban J connectivity index is 0.000000140. The Labute approximate surface area is 729 Å². The van der Waals surface area contributed by atoms with E-state index in [1.165, 1.54) is 94.6 Å². The van der Waals surface area contributed by atoms with Crippen molar-refractivity contribution in [3.05, 3.63) is 528 Å². The number of benzene rings is 19. The summed E-state index contributed by atoms with van der Waals surface area (Å²) in [6.07, 6.45) is 0. The number of hydrogen-bond donors (Lipinski definition) is 0. The standard InChI is InChI=1S/C62H41NOS.C55H35NO2S/c1-4-18-42(19-5-1)61(52-27-13-10-24-49(52)50-25-11-14-28-53(50)61)43-32-34-44(35-33-43)62(45-36-38-48(39-37-45)63(46-20-6-2-7-21-46)47-22-8-3-9-23-47)54-29-15-12-26-51(54)59-55(62)40-41-58-60(59)64-56-30-16-17-31-57(56)65-58;1-4-14-36(15-5-1)37-24-26-38(27-25-37)55(46-21-11-10-20-45(46)53-47(55)32-33-52-54(53)58-48-22-12-13-23-51(48)59-52)39-28-30-43-44-31-29-42(35-50(44)57-49(43)34-39)56(40-16-6-2-7-17-40)41-18-8-3-9-19-41/h1-41H;1-35H. The number of furan rings is 1. The van der Waals surface area contributed by atoms with Crippen LogP contribution in [0.15, 0.2) is 485 Å². The maximum absolute atomic E-state index is 6.98. The van der Waals surface area contributed by atoms with Crippen molar-refractivity contribution < 1.29 is 13.9 Å². The van der Waals surface area contributed by atoms with Gasteiger partial charge in [-0.2, -0.15) is 0 Å². The summed E-state index contributed by atoms with van der Waals surface area (Å²) >= 11 is 3.56. The van der Waals surface area contributed by atoms with Gasteiger partial charge < -0.3 is 23.7 Å². The van der Waals surface area contributed by atoms with E-state index in [2.05, 4.69) is 465 Å². The molecule has 0 saturated heterocycles. The van der Waals surface area contributed by atoms with Gasteiger partial charge in [0, 0.05) is 62.1 Å². The fourth-order valence-electron chi connectivity index (χ4n) is 20.7. The van der Waals surface area contributed by atoms with Crippen molar-refractivity contribution in [2.75, 3.05) is 9.80 Å². The van der Waals surface area contributed by atoms with Crippen molar-refractivity contribution in [3.63, 3.8) is 0 Å². The number of ether oxygens (including phenoxy) is 2. The average Bonchev–Trinajstić information content (AvgIpc) is 1.53. The van der Waals surface area contributed by atoms with Crippen LogP contribution in [0.4, 0.5) is 34.1 Å². The molecule has 19 aromatic carbocycles. The molecule has 0 fully saturated rings. The first-order valence-electron chi connectivity index (χ1n) is 42.3. The number of fused-ring (bicyclic) bond motifs is 18. The monoisotopic (exact) mass is 1620 g/mol. The van der Waals surface area contributed by atoms with Gasteiger partial charge in [0.25, 0.3) is 0 Å². The molecule has 5 nitrogen and oxygen atoms in total. The van der Waals surface area contributed by atoms with E-state index in [0.717, 1.165) is 115 Å². The van der Waals surface area contributed by atoms with Crippen LogP contribution in [0.2, 0.25) is 0 Å². The molecule has 124 heavy (non-hydrogen) atoms. The van der Waals surface area contributed by atoms with Gasteiger partial charge >= 0.3 is 0 Å². The zero-order chi connectivity index (χ0) is 81.9. The number of hydrogen-bond acceptors (Lipinski definition) is 7. The normalized spacial score (nSPS) is 15.3. The molecule has 25 rings (SSSR count). The SMILES string of the molecule is c1ccc(-c2ccc(C3(c4ccc5c(c4)oc4cc(N(c6ccccc6)c6ccccc6)ccc45)c4ccccc4-c4c3ccc3c4Oc4ccccc4S3)cc2)cc1.c1ccc(N(c2ccccc2)c2ccc(C3(c4ccc(C5(c6ccccc6)c6ccccc6-c6ccccc65)cc4)c4ccccc4-c4c3ccc3c4Oc4ccccc4S3)cc2)cc1. The summed E-state index contributed by atoms with van der Waals surface area (Å²) < 4.78 is 20.8. The lowest BCUT2D eigenvalue weighted by atomic mass is 9.65. The Bertz CT molecular complexity index is 7410. The zero-order valence-corrected chi connectivity index (χ0v) is 68.9. The minimum Gasteiger partial charge on any atom is -0.456 e. The summed E-state index contributed by atoms with van der Waals surface area (Å²) in [6, 6.07) is 167. The first kappa shape index (κ1) is 72.9. The Hall–Kier alpha value is -15.1. The summed E-state index contributed by atoms with van der Waals surface area (Å²) in [5, 5.41) is 2.17. The molecule has 584 valence electrons. The summed E-state index contributed by atoms with van der Waals surface area (Å²) in [5.74, 6) is 3.63. The predicted octanol–water partition coefficient (Wildman–Crippen LogP) is 31.5. The van der Waals surface area contributed by atoms with Crippen molar-refractivity contribution in [1.29, 1.82) is 0 Å². The average molecular weight is 1620 g/mol. The van der Waals surface area contributed by atoms with Crippen molar-refractivity contribution in [2.45, 2.75) is 35.8 Å². The lowest BCUT2D eigenvalue weighted by molar-refractivity contribution is 0.455. The highest BCUT2D eigenvalue weighted by Crippen LogP contribution is 2.66. The second-order valence-electron chi connectivity index (χ2n) is 32.3. The summed E-state index contributed by atoms with van der Waals surface area (Å²) in [6.45, 7) is 0. The molecule has 7 heteroatoms. The van der Waals surface area contributed by atoms with E-state index in [0.29, 0.717) is 0 Å². The zero-order valence-electron chi connectivity index (χ0n) is 67.3. The number of nitrogens with zero attached hydrogens (tertiary/aromatic N) is 2. The van der Waals surface area contributed by atoms with Crippen LogP contribution < -0.4 is 19.3 Å². The molecule has 3 aliphatic carbocycles. The molecule has 2 unspecified atom stereocenters. The van der Waals surface area contributed by atoms with Gasteiger partial charge in [0.15, 0.2) is 0 Å². The molecule has 20 aromatic rings. The van der Waals surface area contributed by atoms with Crippen LogP contribution >= 0.6 is 23.5 Å². The van der Waals surface area contributed by atoms with E-state index < -0.39 is 16.2 Å². The van der Waals surface area contributed by atoms with Gasteiger partial charge in [-0.15, -0.1) is 0 Å². The number of anilines is 6. The van der Waals surface area contributed by atoms with Gasteiger partial charge in [-0.1, -0.05) is 363 Å². The molecular weight excluding hydrogens is 1550 g/mol. The summed E-state index contributed by atoms with van der Waals surface area (Å²) in [5.41, 5.74) is 30.7. The molecule has 1 aromatic heterocycles. The van der Waals surface area contributed by atoms with E-state index in [-0.39, 0.29) is 0 Å². The van der Waals surface area contributed by atoms with Gasteiger partial charge in [0.1, 0.15) is 34.2 Å².